The molecule has 5 aliphatic rings. The molecule has 0 amide bonds. The molecule has 6 atom stereocenters. The molecule has 1 saturated heterocycles. The summed E-state index contributed by atoms with van der Waals surface area (Å²) in [6, 6.07) is 0. The number of hydrogen-bond donors (Lipinski definition) is 0. The Labute approximate surface area is 289 Å². The smallest absolute Gasteiger partial charge is 1.00 e. The van der Waals surface area contributed by atoms with Gasteiger partial charge in [-0.1, -0.05) is 0 Å². The van der Waals surface area contributed by atoms with E-state index in [2.05, 4.69) is 103 Å². The van der Waals surface area contributed by atoms with Gasteiger partial charge in [-0.3, -0.25) is 0 Å². The summed E-state index contributed by atoms with van der Waals surface area (Å²) in [5, 5.41) is 7.93. The minimum absolute atomic E-state index is 0. The van der Waals surface area contributed by atoms with Crippen LogP contribution in [0.15, 0.2) is 45.1 Å². The van der Waals surface area contributed by atoms with Gasteiger partial charge >= 0.3 is 267 Å². The average molecular weight is 773 g/mol. The largest absolute Gasteiger partial charge is 1.00 e. The van der Waals surface area contributed by atoms with Crippen molar-refractivity contribution >= 4 is 32.3 Å². The second-order valence-corrected chi connectivity index (χ2v) is 51.7. The van der Waals surface area contributed by atoms with Gasteiger partial charge in [0, 0.05) is 0 Å². The fourth-order valence-electron chi connectivity index (χ4n) is 11.2. The van der Waals surface area contributed by atoms with Gasteiger partial charge in [0.1, 0.15) is 0 Å². The Kier molecular flexibility index (Phi) is 12.3. The van der Waals surface area contributed by atoms with Crippen molar-refractivity contribution in [3.05, 3.63) is 45.1 Å². The Bertz CT molecular complexity index is 1050. The molecule has 0 aromatic rings. The van der Waals surface area contributed by atoms with Gasteiger partial charge in [0.25, 0.3) is 0 Å². The van der Waals surface area contributed by atoms with E-state index in [1.807, 2.05) is 20.8 Å². The van der Waals surface area contributed by atoms with Crippen LogP contribution in [0, 0.1) is 23.7 Å². The van der Waals surface area contributed by atoms with Crippen LogP contribution in [0.1, 0.15) is 51.4 Å². The molecule has 5 rings (SSSR count). The predicted molar refractivity (Wildman–Crippen MR) is 194 cm³/mol. The van der Waals surface area contributed by atoms with Gasteiger partial charge in [-0.05, 0) is 0 Å². The predicted octanol–water partition coefficient (Wildman–Crippen LogP) is 6.43. The van der Waals surface area contributed by atoms with Crippen LogP contribution >= 0.6 is 0 Å². The fraction of sp³-hybridized carbons (Fsp3) is 0.778. The number of halogens is 2. The first kappa shape index (κ1) is 38.7. The molecule has 0 N–H and O–H groups in total. The summed E-state index contributed by atoms with van der Waals surface area (Å²) < 4.78 is 5.73. The molecule has 1 aliphatic heterocycles. The van der Waals surface area contributed by atoms with Crippen molar-refractivity contribution < 1.29 is 45.1 Å². The molecule has 2 saturated carbocycles. The van der Waals surface area contributed by atoms with Crippen LogP contribution in [0.3, 0.4) is 0 Å². The first-order valence-corrected chi connectivity index (χ1v) is 38.0. The summed E-state index contributed by atoms with van der Waals surface area (Å²) in [5.74, 6) is 3.69. The summed E-state index contributed by atoms with van der Waals surface area (Å²) in [5.41, 5.74) is 0. The van der Waals surface area contributed by atoms with Gasteiger partial charge in [-0.15, -0.1) is 0 Å². The Morgan fingerprint density at radius 1 is 0.442 bits per heavy atom. The molecule has 0 aromatic heterocycles. The van der Waals surface area contributed by atoms with E-state index >= 15 is 0 Å². The molecular weight excluding hydrogens is 707 g/mol. The summed E-state index contributed by atoms with van der Waals surface area (Å²) in [7, 11) is -5.40. The molecule has 1 heterocycles. The number of rotatable bonds is 6. The normalized spacial score (nSPS) is 32.3. The fourth-order valence-corrected chi connectivity index (χ4v) is 39.3. The van der Waals surface area contributed by atoms with Crippen molar-refractivity contribution in [1.82, 2.24) is 0 Å². The van der Waals surface area contributed by atoms with Gasteiger partial charge in [-0.25, -0.2) is 0 Å². The number of hydrogen-bond acceptors (Lipinski definition) is 0. The summed E-state index contributed by atoms with van der Waals surface area (Å²) in [4.78, 5) is 0. The van der Waals surface area contributed by atoms with Gasteiger partial charge in [0.15, 0.2) is 0 Å². The Balaban J connectivity index is 0.00000253. The first-order valence-electron chi connectivity index (χ1n) is 17.7. The van der Waals surface area contributed by atoms with E-state index in [-0.39, 0.29) is 24.8 Å². The maximum atomic E-state index is 2.77. The standard InChI is InChI=1S/2C15H27Si2.C6H12.2ClH.Zr/c2*1-16(2,3)14-10-11-15(17(4,5)6)13-9-7-8-12(13)14;1-3-5-6-4-2;;;/h2*8,10-13H,7,9H2,1-6H3;1-6H2;2*1H;/q;;;;;+2/p-2. The van der Waals surface area contributed by atoms with Crippen LogP contribution in [0.5, 0.6) is 0 Å². The van der Waals surface area contributed by atoms with E-state index in [1.165, 1.54) is 25.7 Å². The second kappa shape index (κ2) is 13.7. The van der Waals surface area contributed by atoms with E-state index < -0.39 is 52.6 Å². The van der Waals surface area contributed by atoms with E-state index in [1.54, 1.807) is 33.9 Å². The molecule has 0 aromatic carbocycles. The zero-order valence-electron chi connectivity index (χ0n) is 30.1. The third-order valence-electron chi connectivity index (χ3n) is 12.7. The van der Waals surface area contributed by atoms with Crippen molar-refractivity contribution in [3.63, 3.8) is 0 Å². The van der Waals surface area contributed by atoms with Crippen LogP contribution in [-0.4, -0.2) is 32.3 Å². The molecule has 0 spiro atoms. The molecule has 4 aliphatic carbocycles. The molecule has 7 heteroatoms. The maximum Gasteiger partial charge on any atom is -1.00 e. The average Bonchev–Trinajstić information content (AvgIpc) is 3.40. The van der Waals surface area contributed by atoms with E-state index in [0.717, 1.165) is 30.9 Å². The van der Waals surface area contributed by atoms with Gasteiger partial charge in [0.05, 0.1) is 0 Å². The minimum atomic E-state index is -2.65. The maximum absolute atomic E-state index is 2.77. The first-order chi connectivity index (χ1) is 18.9. The molecule has 0 bridgehead atoms. The Morgan fingerprint density at radius 2 is 0.744 bits per heavy atom. The van der Waals surface area contributed by atoms with E-state index in [9.17, 15) is 0 Å². The topological polar surface area (TPSA) is 0 Å². The van der Waals surface area contributed by atoms with Crippen LogP contribution in [0.2, 0.25) is 94.1 Å². The van der Waals surface area contributed by atoms with Gasteiger partial charge in [0.2, 0.25) is 0 Å². The van der Waals surface area contributed by atoms with Crippen LogP contribution in [0.25, 0.3) is 0 Å². The van der Waals surface area contributed by atoms with Crippen LogP contribution < -0.4 is 24.8 Å². The Hall–Kier alpha value is 1.29. The van der Waals surface area contributed by atoms with Crippen molar-refractivity contribution in [2.75, 3.05) is 0 Å². The molecule has 3 fully saturated rings. The number of fused-ring (bicyclic) bond motifs is 2. The second-order valence-electron chi connectivity index (χ2n) is 19.3. The third kappa shape index (κ3) is 7.34. The van der Waals surface area contributed by atoms with Gasteiger partial charge in [-0.2, -0.15) is 0 Å². The van der Waals surface area contributed by atoms with Crippen LogP contribution in [0.4, 0.5) is 0 Å². The molecule has 244 valence electrons. The zero-order chi connectivity index (χ0) is 30.2. The SMILES string of the molecule is C[Si](C)(C)C1=CC=C([Si](C)(C)C)C2C1CC[CH]2[Zr+2]1([CH]2CCC3C([Si](C)(C)C)=CC=C([Si](C)(C)C)C32)[CH2]CCCC[CH2]1.[Cl-].[Cl-]. The molecule has 0 nitrogen and oxygen atoms in total. The summed E-state index contributed by atoms with van der Waals surface area (Å²) in [6.07, 6.45) is 23.5. The molecular formula is C36H66Cl2Si4Zr. The van der Waals surface area contributed by atoms with Crippen molar-refractivity contribution in [2.24, 2.45) is 23.7 Å². The van der Waals surface area contributed by atoms with Crippen molar-refractivity contribution in [2.45, 2.75) is 145 Å². The van der Waals surface area contributed by atoms with Crippen molar-refractivity contribution in [3.8, 4) is 0 Å². The minimum Gasteiger partial charge on any atom is -1.00 e. The van der Waals surface area contributed by atoms with E-state index in [0.29, 0.717) is 0 Å². The van der Waals surface area contributed by atoms with E-state index in [4.69, 9.17) is 0 Å². The molecule has 6 unspecified atom stereocenters. The quantitative estimate of drug-likeness (QED) is 0.274. The van der Waals surface area contributed by atoms with Crippen LogP contribution in [-0.2, 0) is 20.3 Å². The molecule has 43 heavy (non-hydrogen) atoms. The van der Waals surface area contributed by atoms with Crippen molar-refractivity contribution in [1.29, 1.82) is 0 Å². The third-order valence-corrected chi connectivity index (χ3v) is 38.5. The monoisotopic (exact) mass is 770 g/mol. The summed E-state index contributed by atoms with van der Waals surface area (Å²) >= 11 is -2.65. The number of allylic oxidation sites excluding steroid dienone is 8. The van der Waals surface area contributed by atoms with Gasteiger partial charge < -0.3 is 24.8 Å². The summed E-state index contributed by atoms with van der Waals surface area (Å²) in [6.45, 7) is 32.1. The Morgan fingerprint density at radius 3 is 1.05 bits per heavy atom. The molecule has 0 radical (unpaired) electrons. The zero-order valence-corrected chi connectivity index (χ0v) is 38.1.